The van der Waals surface area contributed by atoms with E-state index in [1.807, 2.05) is 0 Å². The van der Waals surface area contributed by atoms with Crippen molar-refractivity contribution in [2.24, 2.45) is 5.92 Å². The Kier molecular flexibility index (Phi) is 4.10. The van der Waals surface area contributed by atoms with E-state index in [1.54, 1.807) is 6.07 Å². The molecule has 0 amide bonds. The summed E-state index contributed by atoms with van der Waals surface area (Å²) in [5.41, 5.74) is -0.0741. The van der Waals surface area contributed by atoms with Gasteiger partial charge in [0.25, 0.3) is 0 Å². The quantitative estimate of drug-likeness (QED) is 0.647. The molecule has 0 bridgehead atoms. The van der Waals surface area contributed by atoms with Crippen LogP contribution in [0.5, 0.6) is 0 Å². The summed E-state index contributed by atoms with van der Waals surface area (Å²) in [6.07, 6.45) is 5.39. The van der Waals surface area contributed by atoms with E-state index in [0.29, 0.717) is 5.15 Å². The van der Waals surface area contributed by atoms with Gasteiger partial charge in [0, 0.05) is 18.0 Å². The van der Waals surface area contributed by atoms with Crippen molar-refractivity contribution in [1.29, 1.82) is 0 Å². The third-order valence-electron chi connectivity index (χ3n) is 3.16. The molecule has 100 valence electrons. The Morgan fingerprint density at radius 2 is 2.06 bits per heavy atom. The number of aromatic nitrogens is 2. The lowest BCUT2D eigenvalue weighted by Gasteiger charge is -2.17. The van der Waals surface area contributed by atoms with Crippen molar-refractivity contribution in [3.63, 3.8) is 0 Å². The van der Waals surface area contributed by atoms with Crippen LogP contribution in [0.15, 0.2) is 6.07 Å². The first-order chi connectivity index (χ1) is 8.45. The van der Waals surface area contributed by atoms with Crippen molar-refractivity contribution >= 4 is 17.4 Å². The lowest BCUT2D eigenvalue weighted by atomic mass is 9.96. The fraction of sp³-hybridized carbons (Fsp3) is 0.714. The molecule has 0 saturated heterocycles. The third kappa shape index (κ3) is 4.13. The first kappa shape index (κ1) is 13.6. The summed E-state index contributed by atoms with van der Waals surface area (Å²) >= 11 is 6.04. The van der Waals surface area contributed by atoms with Crippen LogP contribution in [0.25, 0.3) is 0 Å². The highest BCUT2D eigenvalue weighted by atomic mass is 35.5. The molecule has 18 heavy (non-hydrogen) atoms. The monoisotopic (exact) mass is 267 g/mol. The van der Waals surface area contributed by atoms with Gasteiger partial charge in [-0.1, -0.05) is 45.2 Å². The molecule has 0 atom stereocenters. The summed E-state index contributed by atoms with van der Waals surface area (Å²) in [5, 5.41) is 3.86. The summed E-state index contributed by atoms with van der Waals surface area (Å²) in [4.78, 5) is 8.82. The molecule has 0 spiro atoms. The van der Waals surface area contributed by atoms with Crippen molar-refractivity contribution in [3.05, 3.63) is 17.0 Å². The Hall–Kier alpha value is -0.830. The minimum absolute atomic E-state index is 0.0741. The minimum atomic E-state index is -0.0741. The molecule has 1 saturated carbocycles. The lowest BCUT2D eigenvalue weighted by Crippen LogP contribution is -2.17. The smallest absolute Gasteiger partial charge is 0.137 e. The third-order valence-corrected chi connectivity index (χ3v) is 3.35. The van der Waals surface area contributed by atoms with E-state index < -0.39 is 0 Å². The fourth-order valence-corrected chi connectivity index (χ4v) is 2.04. The molecule has 0 radical (unpaired) electrons. The zero-order chi connectivity index (χ0) is 13.2. The zero-order valence-electron chi connectivity index (χ0n) is 11.5. The second kappa shape index (κ2) is 5.43. The van der Waals surface area contributed by atoms with Crippen LogP contribution in [0.1, 0.15) is 52.3 Å². The van der Waals surface area contributed by atoms with E-state index in [1.165, 1.54) is 25.7 Å². The molecule has 0 aromatic carbocycles. The fourth-order valence-electron chi connectivity index (χ4n) is 1.86. The largest absolute Gasteiger partial charge is 0.370 e. The van der Waals surface area contributed by atoms with Crippen molar-refractivity contribution < 1.29 is 0 Å². The number of rotatable bonds is 5. The van der Waals surface area contributed by atoms with Crippen LogP contribution >= 0.6 is 11.6 Å². The maximum Gasteiger partial charge on any atom is 0.137 e. The van der Waals surface area contributed by atoms with E-state index in [4.69, 9.17) is 11.6 Å². The van der Waals surface area contributed by atoms with Gasteiger partial charge >= 0.3 is 0 Å². The van der Waals surface area contributed by atoms with Gasteiger partial charge in [0.05, 0.1) is 0 Å². The summed E-state index contributed by atoms with van der Waals surface area (Å²) < 4.78 is 0. The highest BCUT2D eigenvalue weighted by molar-refractivity contribution is 6.29. The van der Waals surface area contributed by atoms with E-state index in [2.05, 4.69) is 36.1 Å². The summed E-state index contributed by atoms with van der Waals surface area (Å²) in [7, 11) is 0. The number of nitrogens with one attached hydrogen (secondary N) is 1. The van der Waals surface area contributed by atoms with Crippen LogP contribution in [0.4, 0.5) is 5.82 Å². The normalized spacial score (nSPS) is 15.8. The van der Waals surface area contributed by atoms with Crippen LogP contribution in [0.3, 0.4) is 0 Å². The van der Waals surface area contributed by atoms with Crippen LogP contribution < -0.4 is 5.32 Å². The van der Waals surface area contributed by atoms with E-state index in [-0.39, 0.29) is 5.41 Å². The van der Waals surface area contributed by atoms with E-state index >= 15 is 0 Å². The SMILES string of the molecule is CC(C)(C)c1nc(Cl)cc(NCCCC2CC2)n1. The highest BCUT2D eigenvalue weighted by Crippen LogP contribution is 2.33. The van der Waals surface area contributed by atoms with Crippen LogP contribution in [0, 0.1) is 5.92 Å². The van der Waals surface area contributed by atoms with E-state index in [9.17, 15) is 0 Å². The Bertz CT molecular complexity index is 408. The molecule has 2 rings (SSSR count). The van der Waals surface area contributed by atoms with Gasteiger partial charge in [-0.3, -0.25) is 0 Å². The maximum absolute atomic E-state index is 6.04. The average Bonchev–Trinajstić information content (AvgIpc) is 3.06. The second-order valence-electron chi connectivity index (χ2n) is 6.16. The first-order valence-electron chi connectivity index (χ1n) is 6.74. The van der Waals surface area contributed by atoms with Crippen molar-refractivity contribution in [2.75, 3.05) is 11.9 Å². The predicted molar refractivity (Wildman–Crippen MR) is 76.2 cm³/mol. The molecule has 1 aliphatic rings. The van der Waals surface area contributed by atoms with Gasteiger partial charge in [-0.25, -0.2) is 9.97 Å². The molecule has 0 unspecified atom stereocenters. The molecule has 3 nitrogen and oxygen atoms in total. The maximum atomic E-state index is 6.04. The van der Waals surface area contributed by atoms with Gasteiger partial charge in [0.2, 0.25) is 0 Å². The Labute approximate surface area is 114 Å². The molecule has 1 heterocycles. The Balaban J connectivity index is 1.92. The predicted octanol–water partition coefficient (Wildman–Crippen LogP) is 4.03. The highest BCUT2D eigenvalue weighted by Gasteiger charge is 2.20. The molecular formula is C14H22ClN3. The molecule has 1 fully saturated rings. The van der Waals surface area contributed by atoms with Gasteiger partial charge in [-0.2, -0.15) is 0 Å². The van der Waals surface area contributed by atoms with E-state index in [0.717, 1.165) is 24.1 Å². The molecule has 1 aromatic rings. The number of nitrogens with zero attached hydrogens (tertiary/aromatic N) is 2. The number of halogens is 1. The van der Waals surface area contributed by atoms with Crippen LogP contribution in [-0.2, 0) is 5.41 Å². The average molecular weight is 268 g/mol. The molecule has 1 N–H and O–H groups in total. The summed E-state index contributed by atoms with van der Waals surface area (Å²) in [5.74, 6) is 2.63. The van der Waals surface area contributed by atoms with Crippen LogP contribution in [0.2, 0.25) is 5.15 Å². The zero-order valence-corrected chi connectivity index (χ0v) is 12.2. The lowest BCUT2D eigenvalue weighted by molar-refractivity contribution is 0.545. The Morgan fingerprint density at radius 1 is 1.33 bits per heavy atom. The molecule has 4 heteroatoms. The van der Waals surface area contributed by atoms with Crippen LogP contribution in [-0.4, -0.2) is 16.5 Å². The van der Waals surface area contributed by atoms with Gasteiger partial charge in [-0.05, 0) is 18.8 Å². The second-order valence-corrected chi connectivity index (χ2v) is 6.55. The number of hydrogen-bond acceptors (Lipinski definition) is 3. The molecule has 1 aromatic heterocycles. The number of anilines is 1. The summed E-state index contributed by atoms with van der Waals surface area (Å²) in [6.45, 7) is 7.24. The van der Waals surface area contributed by atoms with Crippen molar-refractivity contribution in [3.8, 4) is 0 Å². The van der Waals surface area contributed by atoms with Gasteiger partial charge in [0.1, 0.15) is 16.8 Å². The minimum Gasteiger partial charge on any atom is -0.370 e. The van der Waals surface area contributed by atoms with Gasteiger partial charge in [0.15, 0.2) is 0 Å². The van der Waals surface area contributed by atoms with Gasteiger partial charge in [-0.15, -0.1) is 0 Å². The topological polar surface area (TPSA) is 37.8 Å². The Morgan fingerprint density at radius 3 is 2.67 bits per heavy atom. The standard InChI is InChI=1S/C14H22ClN3/c1-14(2,3)13-17-11(15)9-12(18-13)16-8-4-5-10-6-7-10/h9-10H,4-8H2,1-3H3,(H,16,17,18). The summed E-state index contributed by atoms with van der Waals surface area (Å²) in [6, 6.07) is 1.80. The molecule has 0 aliphatic heterocycles. The van der Waals surface area contributed by atoms with Crippen molar-refractivity contribution in [1.82, 2.24) is 9.97 Å². The molecule has 1 aliphatic carbocycles. The first-order valence-corrected chi connectivity index (χ1v) is 7.12. The van der Waals surface area contributed by atoms with Gasteiger partial charge < -0.3 is 5.32 Å². The molecular weight excluding hydrogens is 246 g/mol. The number of hydrogen-bond donors (Lipinski definition) is 1. The van der Waals surface area contributed by atoms with Crippen molar-refractivity contribution in [2.45, 2.75) is 51.9 Å².